The third-order valence-electron chi connectivity index (χ3n) is 5.62. The minimum absolute atomic E-state index is 0.0889. The van der Waals surface area contributed by atoms with E-state index in [4.69, 9.17) is 0 Å². The summed E-state index contributed by atoms with van der Waals surface area (Å²) in [5.74, 6) is 0.618. The lowest BCUT2D eigenvalue weighted by molar-refractivity contribution is -0.141. The normalized spacial score (nSPS) is 27.2. The molecular weight excluding hydrogens is 286 g/mol. The van der Waals surface area contributed by atoms with E-state index in [1.165, 1.54) is 10.9 Å². The van der Waals surface area contributed by atoms with Crippen molar-refractivity contribution in [3.05, 3.63) is 36.0 Å². The highest BCUT2D eigenvalue weighted by atomic mass is 16.2. The maximum absolute atomic E-state index is 12.5. The highest BCUT2D eigenvalue weighted by Gasteiger charge is 2.40. The molecule has 1 N–H and O–H groups in total. The highest BCUT2D eigenvalue weighted by molar-refractivity contribution is 5.83. The third kappa shape index (κ3) is 2.50. The summed E-state index contributed by atoms with van der Waals surface area (Å²) in [5, 5.41) is 10.5. The maximum Gasteiger partial charge on any atom is 0.223 e. The molecule has 1 amide bonds. The number of nitriles is 1. The average molecular weight is 307 g/mol. The van der Waals surface area contributed by atoms with E-state index in [0.29, 0.717) is 12.5 Å². The number of rotatable bonds is 3. The van der Waals surface area contributed by atoms with Crippen molar-refractivity contribution in [2.45, 2.75) is 38.1 Å². The number of hydrogen-bond donors (Lipinski definition) is 1. The molecule has 4 heteroatoms. The summed E-state index contributed by atoms with van der Waals surface area (Å²) < 4.78 is 0. The van der Waals surface area contributed by atoms with Crippen molar-refractivity contribution in [1.82, 2.24) is 9.88 Å². The molecule has 3 atom stereocenters. The molecule has 0 spiro atoms. The van der Waals surface area contributed by atoms with Gasteiger partial charge >= 0.3 is 0 Å². The molecule has 4 rings (SSSR count). The van der Waals surface area contributed by atoms with Crippen molar-refractivity contribution in [2.24, 2.45) is 11.8 Å². The minimum atomic E-state index is 0.0889. The van der Waals surface area contributed by atoms with Crippen molar-refractivity contribution < 1.29 is 4.79 Å². The Balaban J connectivity index is 1.47. The van der Waals surface area contributed by atoms with Gasteiger partial charge in [0.05, 0.1) is 6.07 Å². The molecule has 0 unspecified atom stereocenters. The van der Waals surface area contributed by atoms with Gasteiger partial charge in [-0.15, -0.1) is 0 Å². The van der Waals surface area contributed by atoms with E-state index >= 15 is 0 Å². The number of para-hydroxylation sites is 1. The standard InChI is InChI=1S/C19H21N3O/c20-11-13-5-6-16-9-15(13)10-19(23)22(16)8-7-14-12-21-18-4-2-1-3-17(14)18/h1-4,12-13,15-16,21H,5-10H2/t13-,15-,16+/m1/s1. The van der Waals surface area contributed by atoms with Crippen LogP contribution in [0.3, 0.4) is 0 Å². The summed E-state index contributed by atoms with van der Waals surface area (Å²) in [6, 6.07) is 11.0. The van der Waals surface area contributed by atoms with Crippen LogP contribution in [-0.4, -0.2) is 28.4 Å². The maximum atomic E-state index is 12.5. The second-order valence-corrected chi connectivity index (χ2v) is 6.86. The predicted molar refractivity (Wildman–Crippen MR) is 88.6 cm³/mol. The van der Waals surface area contributed by atoms with Crippen molar-refractivity contribution in [1.29, 1.82) is 5.26 Å². The second-order valence-electron chi connectivity index (χ2n) is 6.86. The zero-order chi connectivity index (χ0) is 15.8. The van der Waals surface area contributed by atoms with Crippen LogP contribution in [0.25, 0.3) is 10.9 Å². The van der Waals surface area contributed by atoms with Crippen molar-refractivity contribution >= 4 is 16.8 Å². The Hall–Kier alpha value is -2.28. The molecule has 0 radical (unpaired) electrons. The zero-order valence-electron chi connectivity index (χ0n) is 13.2. The molecule has 4 nitrogen and oxygen atoms in total. The van der Waals surface area contributed by atoms with Crippen LogP contribution in [0.15, 0.2) is 30.5 Å². The lowest BCUT2D eigenvalue weighted by Gasteiger charge is -2.44. The minimum Gasteiger partial charge on any atom is -0.361 e. The number of likely N-dealkylation sites (tertiary alicyclic amines) is 1. The molecule has 1 aliphatic heterocycles. The molecule has 2 fully saturated rings. The van der Waals surface area contributed by atoms with Crippen molar-refractivity contribution in [3.63, 3.8) is 0 Å². The van der Waals surface area contributed by atoms with Gasteiger partial charge in [-0.25, -0.2) is 0 Å². The van der Waals surface area contributed by atoms with Gasteiger partial charge in [0.2, 0.25) is 5.91 Å². The van der Waals surface area contributed by atoms with Crippen LogP contribution in [0.5, 0.6) is 0 Å². The van der Waals surface area contributed by atoms with E-state index in [-0.39, 0.29) is 17.7 Å². The van der Waals surface area contributed by atoms with Gasteiger partial charge < -0.3 is 9.88 Å². The fraction of sp³-hybridized carbons (Fsp3) is 0.474. The molecule has 2 aromatic rings. The Morgan fingerprint density at radius 3 is 3.04 bits per heavy atom. The number of nitrogens with one attached hydrogen (secondary N) is 1. The summed E-state index contributed by atoms with van der Waals surface area (Å²) in [7, 11) is 0. The molecule has 118 valence electrons. The van der Waals surface area contributed by atoms with Gasteiger partial charge in [0.15, 0.2) is 0 Å². The Morgan fingerprint density at radius 2 is 2.17 bits per heavy atom. The monoisotopic (exact) mass is 307 g/mol. The van der Waals surface area contributed by atoms with Crippen LogP contribution < -0.4 is 0 Å². The molecule has 2 bridgehead atoms. The van der Waals surface area contributed by atoms with Gasteiger partial charge in [-0.3, -0.25) is 4.79 Å². The number of amides is 1. The number of aromatic nitrogens is 1. The molecular formula is C19H21N3O. The van der Waals surface area contributed by atoms with Crippen LogP contribution in [0.2, 0.25) is 0 Å². The van der Waals surface area contributed by atoms with Crippen LogP contribution in [0.1, 0.15) is 31.2 Å². The first-order valence-corrected chi connectivity index (χ1v) is 8.50. The van der Waals surface area contributed by atoms with E-state index < -0.39 is 0 Å². The largest absolute Gasteiger partial charge is 0.361 e. The molecule has 1 aromatic heterocycles. The van der Waals surface area contributed by atoms with Gasteiger partial charge in [0.25, 0.3) is 0 Å². The zero-order valence-corrected chi connectivity index (χ0v) is 13.2. The van der Waals surface area contributed by atoms with Crippen LogP contribution in [0.4, 0.5) is 0 Å². The SMILES string of the molecule is N#C[C@H]1CC[C@H]2C[C@@H]1CC(=O)N2CCc1c[nH]c2ccccc12. The molecule has 1 saturated heterocycles. The van der Waals surface area contributed by atoms with Gasteiger partial charge in [-0.05, 0) is 43.2 Å². The Bertz CT molecular complexity index is 772. The van der Waals surface area contributed by atoms with E-state index in [1.807, 2.05) is 6.07 Å². The first-order chi connectivity index (χ1) is 11.3. The van der Waals surface area contributed by atoms with Gasteiger partial charge in [0, 0.05) is 42.0 Å². The number of hydrogen-bond acceptors (Lipinski definition) is 2. The number of carbonyl (C=O) groups excluding carboxylic acids is 1. The number of benzene rings is 1. The summed E-state index contributed by atoms with van der Waals surface area (Å²) in [4.78, 5) is 17.9. The highest BCUT2D eigenvalue weighted by Crippen LogP contribution is 2.39. The number of aromatic amines is 1. The second kappa shape index (κ2) is 5.73. The Kier molecular flexibility index (Phi) is 3.57. The number of carbonyl (C=O) groups is 1. The number of fused-ring (bicyclic) bond motifs is 3. The molecule has 2 heterocycles. The lowest BCUT2D eigenvalue weighted by Crippen LogP contribution is -2.51. The smallest absolute Gasteiger partial charge is 0.223 e. The first-order valence-electron chi connectivity index (χ1n) is 8.50. The number of H-pyrrole nitrogens is 1. The first kappa shape index (κ1) is 14.3. The molecule has 1 aromatic carbocycles. The van der Waals surface area contributed by atoms with Gasteiger partial charge in [-0.2, -0.15) is 5.26 Å². The quantitative estimate of drug-likeness (QED) is 0.946. The summed E-state index contributed by atoms with van der Waals surface area (Å²) in [6.45, 7) is 0.787. The molecule has 23 heavy (non-hydrogen) atoms. The van der Waals surface area contributed by atoms with Gasteiger partial charge in [0.1, 0.15) is 0 Å². The van der Waals surface area contributed by atoms with Crippen LogP contribution >= 0.6 is 0 Å². The van der Waals surface area contributed by atoms with Crippen molar-refractivity contribution in [3.8, 4) is 6.07 Å². The molecule has 1 aliphatic carbocycles. The summed E-state index contributed by atoms with van der Waals surface area (Å²) >= 11 is 0. The Labute approximate surface area is 136 Å². The molecule has 2 aliphatic rings. The van der Waals surface area contributed by atoms with E-state index in [9.17, 15) is 10.1 Å². The van der Waals surface area contributed by atoms with E-state index in [0.717, 1.165) is 37.7 Å². The van der Waals surface area contributed by atoms with Crippen LogP contribution in [-0.2, 0) is 11.2 Å². The average Bonchev–Trinajstić information content (AvgIpc) is 2.98. The lowest BCUT2D eigenvalue weighted by atomic mass is 9.72. The predicted octanol–water partition coefficient (Wildman–Crippen LogP) is 3.25. The summed E-state index contributed by atoms with van der Waals surface area (Å²) in [6.07, 6.45) is 6.45. The number of nitrogens with zero attached hydrogens (tertiary/aromatic N) is 2. The van der Waals surface area contributed by atoms with Crippen LogP contribution in [0, 0.1) is 23.2 Å². The topological polar surface area (TPSA) is 59.9 Å². The third-order valence-corrected chi connectivity index (χ3v) is 5.62. The Morgan fingerprint density at radius 1 is 1.30 bits per heavy atom. The molecule has 1 saturated carbocycles. The fourth-order valence-corrected chi connectivity index (χ4v) is 4.35. The van der Waals surface area contributed by atoms with Gasteiger partial charge in [-0.1, -0.05) is 18.2 Å². The summed E-state index contributed by atoms with van der Waals surface area (Å²) in [5.41, 5.74) is 2.43. The van der Waals surface area contributed by atoms with E-state index in [1.54, 1.807) is 0 Å². The van der Waals surface area contributed by atoms with E-state index in [2.05, 4.69) is 40.3 Å². The number of piperidine rings is 1. The fourth-order valence-electron chi connectivity index (χ4n) is 4.35. The van der Waals surface area contributed by atoms with Crippen molar-refractivity contribution in [2.75, 3.05) is 6.54 Å².